The molecule has 6 nitrogen and oxygen atoms in total. The minimum Gasteiger partial charge on any atom is -0.508 e. The first-order valence-electron chi connectivity index (χ1n) is 13.3. The highest BCUT2D eigenvalue weighted by Gasteiger charge is 2.12. The molecule has 0 aromatic heterocycles. The van der Waals surface area contributed by atoms with Crippen molar-refractivity contribution in [3.05, 3.63) is 86.0 Å². The SMILES string of the molecule is BrCCOC1CCCCO1.C.CCCOc1ccc(Br)c(F)c1.OCCOc1ccc(Br)c(F)c1.Oc1ccc(Cl)c(F)c1. The average molecular weight is 840 g/mol. The van der Waals surface area contributed by atoms with Crippen molar-refractivity contribution in [1.82, 2.24) is 0 Å². The maximum absolute atomic E-state index is 12.9. The van der Waals surface area contributed by atoms with Gasteiger partial charge in [-0.15, -0.1) is 0 Å². The molecule has 0 radical (unpaired) electrons. The van der Waals surface area contributed by atoms with Gasteiger partial charge in [-0.25, -0.2) is 13.2 Å². The van der Waals surface area contributed by atoms with Gasteiger partial charge < -0.3 is 29.2 Å². The second-order valence-corrected chi connectivity index (χ2v) is 11.4. The van der Waals surface area contributed by atoms with Gasteiger partial charge in [0.15, 0.2) is 6.29 Å². The van der Waals surface area contributed by atoms with Crippen LogP contribution in [0.4, 0.5) is 13.2 Å². The van der Waals surface area contributed by atoms with Gasteiger partial charge >= 0.3 is 0 Å². The molecule has 0 bridgehead atoms. The van der Waals surface area contributed by atoms with E-state index in [1.807, 2.05) is 6.92 Å². The van der Waals surface area contributed by atoms with E-state index >= 15 is 0 Å². The summed E-state index contributed by atoms with van der Waals surface area (Å²) in [6.45, 7) is 4.37. The van der Waals surface area contributed by atoms with E-state index in [1.165, 1.54) is 37.1 Å². The lowest BCUT2D eigenvalue weighted by Gasteiger charge is -2.22. The molecule has 3 aromatic rings. The number of phenolic OH excluding ortho intramolecular Hbond substituents is 1. The summed E-state index contributed by atoms with van der Waals surface area (Å²) in [6.07, 6.45) is 4.50. The normalized spacial score (nSPS) is 13.4. The van der Waals surface area contributed by atoms with Gasteiger partial charge in [0, 0.05) is 30.1 Å². The zero-order valence-electron chi connectivity index (χ0n) is 23.5. The van der Waals surface area contributed by atoms with Crippen LogP contribution in [0.1, 0.15) is 40.0 Å². The summed E-state index contributed by atoms with van der Waals surface area (Å²) in [6, 6.07) is 12.8. The summed E-state index contributed by atoms with van der Waals surface area (Å²) < 4.78 is 59.8. The predicted octanol–water partition coefficient (Wildman–Crippen LogP) is 10.1. The molecule has 2 N–H and O–H groups in total. The number of hydrogen-bond acceptors (Lipinski definition) is 6. The summed E-state index contributed by atoms with van der Waals surface area (Å²) in [5.41, 5.74) is 0. The van der Waals surface area contributed by atoms with E-state index in [-0.39, 0.29) is 49.3 Å². The van der Waals surface area contributed by atoms with Gasteiger partial charge in [-0.1, -0.05) is 41.9 Å². The first-order chi connectivity index (χ1) is 20.6. The maximum atomic E-state index is 12.9. The molecule has 13 heteroatoms. The van der Waals surface area contributed by atoms with E-state index < -0.39 is 5.82 Å². The van der Waals surface area contributed by atoms with E-state index in [9.17, 15) is 13.2 Å². The Labute approximate surface area is 288 Å². The molecular formula is C31H39Br3ClF3O6. The van der Waals surface area contributed by atoms with Crippen molar-refractivity contribution < 1.29 is 42.3 Å². The van der Waals surface area contributed by atoms with Crippen molar-refractivity contribution >= 4 is 59.4 Å². The molecule has 1 aliphatic rings. The molecule has 0 spiro atoms. The smallest absolute Gasteiger partial charge is 0.157 e. The fraction of sp³-hybridized carbons (Fsp3) is 0.419. The molecule has 1 aliphatic heterocycles. The number of alkyl halides is 1. The molecule has 44 heavy (non-hydrogen) atoms. The summed E-state index contributed by atoms with van der Waals surface area (Å²) >= 11 is 14.7. The molecule has 1 fully saturated rings. The number of rotatable bonds is 9. The molecule has 4 rings (SSSR count). The largest absolute Gasteiger partial charge is 0.508 e. The zero-order chi connectivity index (χ0) is 32.0. The molecule has 3 aromatic carbocycles. The lowest BCUT2D eigenvalue weighted by atomic mass is 10.2. The quantitative estimate of drug-likeness (QED) is 0.209. The van der Waals surface area contributed by atoms with Crippen LogP contribution in [0.2, 0.25) is 5.02 Å². The highest BCUT2D eigenvalue weighted by molar-refractivity contribution is 9.10. The number of aliphatic hydroxyl groups excluding tert-OH is 1. The molecule has 1 atom stereocenters. The van der Waals surface area contributed by atoms with Crippen molar-refractivity contribution in [2.75, 3.05) is 38.4 Å². The van der Waals surface area contributed by atoms with E-state index in [2.05, 4.69) is 47.8 Å². The number of ether oxygens (including phenoxy) is 4. The standard InChI is InChI=1S/C9H10BrFO.C8H8BrFO2.C7H13BrO2.C6H4ClFO.CH4/c1-2-5-12-7-3-4-8(10)9(11)6-7;9-7-2-1-6(5-8(7)10)12-4-3-11;8-4-6-10-7-3-1-2-5-9-7;7-5-2-1-4(9)3-6(5)8;/h3-4,6H,2,5H2,1H3;1-2,5,11H,3-4H2;7H,1-6H2;1-3,9H;1H4. The Bertz CT molecular complexity index is 1130. The summed E-state index contributed by atoms with van der Waals surface area (Å²) in [4.78, 5) is 0. The third-order valence-corrected chi connectivity index (χ3v) is 6.95. The van der Waals surface area contributed by atoms with Gasteiger partial charge in [-0.3, -0.25) is 0 Å². The summed E-state index contributed by atoms with van der Waals surface area (Å²) in [5.74, 6) is -0.370. The highest BCUT2D eigenvalue weighted by Crippen LogP contribution is 2.22. The number of aromatic hydroxyl groups is 1. The van der Waals surface area contributed by atoms with Crippen LogP contribution >= 0.6 is 59.4 Å². The van der Waals surface area contributed by atoms with Crippen molar-refractivity contribution in [3.8, 4) is 17.2 Å². The maximum Gasteiger partial charge on any atom is 0.157 e. The van der Waals surface area contributed by atoms with Gasteiger partial charge in [0.25, 0.3) is 0 Å². The zero-order valence-corrected chi connectivity index (χ0v) is 29.0. The summed E-state index contributed by atoms with van der Waals surface area (Å²) in [7, 11) is 0. The van der Waals surface area contributed by atoms with Crippen LogP contribution in [-0.2, 0) is 9.47 Å². The fourth-order valence-electron chi connectivity index (χ4n) is 3.02. The molecule has 1 unspecified atom stereocenters. The second-order valence-electron chi connectivity index (χ2n) is 8.53. The van der Waals surface area contributed by atoms with E-state index in [0.717, 1.165) is 37.5 Å². The predicted molar refractivity (Wildman–Crippen MR) is 180 cm³/mol. The number of benzene rings is 3. The Morgan fingerprint density at radius 1 is 0.864 bits per heavy atom. The summed E-state index contributed by atoms with van der Waals surface area (Å²) in [5, 5.41) is 18.0. The lowest BCUT2D eigenvalue weighted by molar-refractivity contribution is -0.158. The van der Waals surface area contributed by atoms with E-state index in [4.69, 9.17) is 40.8 Å². The number of halogens is 7. The van der Waals surface area contributed by atoms with Crippen LogP contribution in [0.5, 0.6) is 17.2 Å². The van der Waals surface area contributed by atoms with Crippen molar-refractivity contribution in [3.63, 3.8) is 0 Å². The molecule has 248 valence electrons. The third-order valence-electron chi connectivity index (χ3n) is 5.04. The molecule has 0 amide bonds. The Morgan fingerprint density at radius 2 is 1.45 bits per heavy atom. The lowest BCUT2D eigenvalue weighted by Crippen LogP contribution is -2.22. The van der Waals surface area contributed by atoms with Gasteiger partial charge in [0.1, 0.15) is 41.3 Å². The molecule has 0 saturated carbocycles. The minimum absolute atomic E-state index is 0. The highest BCUT2D eigenvalue weighted by atomic mass is 79.9. The Balaban J connectivity index is 0.000000560. The third kappa shape index (κ3) is 19.1. The van der Waals surface area contributed by atoms with Crippen molar-refractivity contribution in [1.29, 1.82) is 0 Å². The van der Waals surface area contributed by atoms with Crippen LogP contribution in [0, 0.1) is 17.5 Å². The number of phenols is 1. The van der Waals surface area contributed by atoms with Crippen LogP contribution in [0.25, 0.3) is 0 Å². The topological polar surface area (TPSA) is 77.4 Å². The van der Waals surface area contributed by atoms with Gasteiger partial charge in [0.05, 0.1) is 33.8 Å². The fourth-order valence-corrected chi connectivity index (χ4v) is 3.82. The van der Waals surface area contributed by atoms with Gasteiger partial charge in [-0.2, -0.15) is 0 Å². The second kappa shape index (κ2) is 25.6. The van der Waals surface area contributed by atoms with Gasteiger partial charge in [-0.05, 0) is 93.9 Å². The van der Waals surface area contributed by atoms with Crippen LogP contribution < -0.4 is 9.47 Å². The van der Waals surface area contributed by atoms with E-state index in [1.54, 1.807) is 24.3 Å². The van der Waals surface area contributed by atoms with E-state index in [0.29, 0.717) is 27.1 Å². The first kappa shape index (κ1) is 42.5. The van der Waals surface area contributed by atoms with Crippen LogP contribution in [0.15, 0.2) is 63.5 Å². The molecule has 1 saturated heterocycles. The van der Waals surface area contributed by atoms with Crippen molar-refractivity contribution in [2.24, 2.45) is 0 Å². The average Bonchev–Trinajstić information content (AvgIpc) is 3.01. The molecule has 0 aliphatic carbocycles. The van der Waals surface area contributed by atoms with Gasteiger partial charge in [0.2, 0.25) is 0 Å². The Kier molecular flexibility index (Phi) is 24.7. The van der Waals surface area contributed by atoms with Crippen LogP contribution in [-0.4, -0.2) is 54.9 Å². The number of aliphatic hydroxyl groups is 1. The molecular weight excluding hydrogens is 800 g/mol. The number of hydrogen-bond donors (Lipinski definition) is 2. The minimum atomic E-state index is -0.600. The Morgan fingerprint density at radius 3 is 1.89 bits per heavy atom. The van der Waals surface area contributed by atoms with Crippen molar-refractivity contribution in [2.45, 2.75) is 46.3 Å². The monoisotopic (exact) mass is 836 g/mol. The molecule has 1 heterocycles. The van der Waals surface area contributed by atoms with Crippen LogP contribution in [0.3, 0.4) is 0 Å². The first-order valence-corrected chi connectivity index (χ1v) is 16.4. The Hall–Kier alpha value is -1.54.